The lowest BCUT2D eigenvalue weighted by atomic mass is 9.95. The van der Waals surface area contributed by atoms with Gasteiger partial charge in [0, 0.05) is 19.0 Å². The zero-order valence-corrected chi connectivity index (χ0v) is 11.8. The third-order valence-electron chi connectivity index (χ3n) is 3.61. The van der Waals surface area contributed by atoms with Crippen LogP contribution in [0.5, 0.6) is 0 Å². The molecule has 1 saturated heterocycles. The van der Waals surface area contributed by atoms with E-state index in [4.69, 9.17) is 0 Å². The fourth-order valence-corrected chi connectivity index (χ4v) is 2.37. The first-order valence-electron chi connectivity index (χ1n) is 6.81. The Kier molecular flexibility index (Phi) is 4.86. The maximum atomic E-state index is 13.4. The van der Waals surface area contributed by atoms with Gasteiger partial charge in [-0.1, -0.05) is 6.07 Å². The van der Waals surface area contributed by atoms with Gasteiger partial charge in [-0.3, -0.25) is 9.59 Å². The molecule has 2 amide bonds. The second-order valence-corrected chi connectivity index (χ2v) is 5.15. The Morgan fingerprint density at radius 3 is 2.09 bits per heavy atom. The van der Waals surface area contributed by atoms with Gasteiger partial charge >= 0.3 is 12.1 Å². The first kappa shape index (κ1) is 17.2. The fraction of sp³-hybridized carbons (Fsp3) is 0.429. The zero-order chi connectivity index (χ0) is 17.2. The molecule has 0 aliphatic carbocycles. The smallest absolute Gasteiger partial charge is 0.335 e. The quantitative estimate of drug-likeness (QED) is 0.844. The first-order valence-corrected chi connectivity index (χ1v) is 6.81. The number of halogens is 5. The van der Waals surface area contributed by atoms with Gasteiger partial charge in [-0.2, -0.15) is 13.2 Å². The standard InChI is InChI=1S/C14H13F5N2O2/c15-9-2-1-3-10(16)11(9)20-12(22)8-4-6-21(7-5-8)13(23)14(17,18)19/h1-3,8H,4-7H2,(H,20,22). The summed E-state index contributed by atoms with van der Waals surface area (Å²) in [6.07, 6.45) is -4.97. The van der Waals surface area contributed by atoms with Gasteiger partial charge < -0.3 is 10.2 Å². The summed E-state index contributed by atoms with van der Waals surface area (Å²) in [5.41, 5.74) is -0.591. The van der Waals surface area contributed by atoms with Gasteiger partial charge in [-0.25, -0.2) is 8.78 Å². The van der Waals surface area contributed by atoms with Crippen LogP contribution >= 0.6 is 0 Å². The summed E-state index contributed by atoms with van der Waals surface area (Å²) < 4.78 is 63.8. The van der Waals surface area contributed by atoms with Crippen molar-refractivity contribution in [3.63, 3.8) is 0 Å². The second kappa shape index (κ2) is 6.51. The molecule has 1 aromatic carbocycles. The Morgan fingerprint density at radius 1 is 1.09 bits per heavy atom. The molecule has 1 aromatic rings. The maximum Gasteiger partial charge on any atom is 0.471 e. The van der Waals surface area contributed by atoms with E-state index in [9.17, 15) is 31.5 Å². The number of carbonyl (C=O) groups excluding carboxylic acids is 2. The molecular weight excluding hydrogens is 323 g/mol. The topological polar surface area (TPSA) is 49.4 Å². The van der Waals surface area contributed by atoms with E-state index in [0.717, 1.165) is 18.2 Å². The summed E-state index contributed by atoms with van der Waals surface area (Å²) in [6, 6.07) is 3.09. The monoisotopic (exact) mass is 336 g/mol. The van der Waals surface area contributed by atoms with Crippen molar-refractivity contribution in [3.8, 4) is 0 Å². The largest absolute Gasteiger partial charge is 0.471 e. The van der Waals surface area contributed by atoms with E-state index in [2.05, 4.69) is 5.32 Å². The molecule has 4 nitrogen and oxygen atoms in total. The minimum Gasteiger partial charge on any atom is -0.335 e. The number of carbonyl (C=O) groups is 2. The summed E-state index contributed by atoms with van der Waals surface area (Å²) in [7, 11) is 0. The molecule has 1 N–H and O–H groups in total. The molecule has 9 heteroatoms. The number of rotatable bonds is 2. The predicted octanol–water partition coefficient (Wildman–Crippen LogP) is 2.70. The molecule has 1 aliphatic heterocycles. The Labute approximate surface area is 128 Å². The molecule has 1 heterocycles. The highest BCUT2D eigenvalue weighted by atomic mass is 19.4. The van der Waals surface area contributed by atoms with Crippen LogP contribution in [0.15, 0.2) is 18.2 Å². The van der Waals surface area contributed by atoms with Crippen LogP contribution < -0.4 is 5.32 Å². The number of nitrogens with one attached hydrogen (secondary N) is 1. The van der Waals surface area contributed by atoms with Gasteiger partial charge in [0.25, 0.3) is 0 Å². The number of piperidine rings is 1. The number of nitrogens with zero attached hydrogens (tertiary/aromatic N) is 1. The van der Waals surface area contributed by atoms with Gasteiger partial charge in [0.05, 0.1) is 0 Å². The lowest BCUT2D eigenvalue weighted by molar-refractivity contribution is -0.186. The van der Waals surface area contributed by atoms with Crippen LogP contribution in [0.4, 0.5) is 27.6 Å². The lowest BCUT2D eigenvalue weighted by Gasteiger charge is -2.31. The number of anilines is 1. The number of amides is 2. The van der Waals surface area contributed by atoms with Crippen molar-refractivity contribution in [3.05, 3.63) is 29.8 Å². The summed E-state index contributed by atoms with van der Waals surface area (Å²) in [6.45, 7) is -0.480. The molecule has 1 aliphatic rings. The molecule has 2 rings (SSSR count). The van der Waals surface area contributed by atoms with E-state index in [1.54, 1.807) is 0 Å². The number of hydrogen-bond acceptors (Lipinski definition) is 2. The predicted molar refractivity (Wildman–Crippen MR) is 70.3 cm³/mol. The molecule has 0 spiro atoms. The number of hydrogen-bond donors (Lipinski definition) is 1. The summed E-state index contributed by atoms with van der Waals surface area (Å²) >= 11 is 0. The maximum absolute atomic E-state index is 13.4. The van der Waals surface area contributed by atoms with Gasteiger partial charge in [-0.05, 0) is 25.0 Å². The highest BCUT2D eigenvalue weighted by Gasteiger charge is 2.43. The number of likely N-dealkylation sites (tertiary alicyclic amines) is 1. The Morgan fingerprint density at radius 2 is 1.61 bits per heavy atom. The van der Waals surface area contributed by atoms with Gasteiger partial charge in [-0.15, -0.1) is 0 Å². The lowest BCUT2D eigenvalue weighted by Crippen LogP contribution is -2.46. The molecule has 126 valence electrons. The number of alkyl halides is 3. The van der Waals surface area contributed by atoms with E-state index in [1.807, 2.05) is 0 Å². The van der Waals surface area contributed by atoms with Gasteiger partial charge in [0.15, 0.2) is 0 Å². The van der Waals surface area contributed by atoms with E-state index in [1.165, 1.54) is 0 Å². The molecule has 0 radical (unpaired) electrons. The minimum atomic E-state index is -4.95. The molecule has 0 aromatic heterocycles. The molecule has 23 heavy (non-hydrogen) atoms. The van der Waals surface area contributed by atoms with Crippen molar-refractivity contribution >= 4 is 17.5 Å². The van der Waals surface area contributed by atoms with E-state index in [0.29, 0.717) is 4.90 Å². The van der Waals surface area contributed by atoms with Crippen LogP contribution in [0.1, 0.15) is 12.8 Å². The van der Waals surface area contributed by atoms with Crippen molar-refractivity contribution in [2.24, 2.45) is 5.92 Å². The van der Waals surface area contributed by atoms with Crippen molar-refractivity contribution in [2.45, 2.75) is 19.0 Å². The Hall–Kier alpha value is -2.19. The SMILES string of the molecule is O=C(Nc1c(F)cccc1F)C1CCN(C(=O)C(F)(F)F)CC1. The highest BCUT2D eigenvalue weighted by molar-refractivity contribution is 5.93. The molecular formula is C14H13F5N2O2. The fourth-order valence-electron chi connectivity index (χ4n) is 2.37. The van der Waals surface area contributed by atoms with Crippen LogP contribution in [0.3, 0.4) is 0 Å². The van der Waals surface area contributed by atoms with Crippen molar-refractivity contribution < 1.29 is 31.5 Å². The second-order valence-electron chi connectivity index (χ2n) is 5.15. The Balaban J connectivity index is 1.95. The molecule has 0 saturated carbocycles. The average Bonchev–Trinajstić information content (AvgIpc) is 2.49. The van der Waals surface area contributed by atoms with Crippen molar-refractivity contribution in [1.29, 1.82) is 0 Å². The van der Waals surface area contributed by atoms with Crippen LogP contribution in [-0.2, 0) is 9.59 Å². The zero-order valence-electron chi connectivity index (χ0n) is 11.8. The van der Waals surface area contributed by atoms with E-state index >= 15 is 0 Å². The molecule has 0 unspecified atom stereocenters. The first-order chi connectivity index (χ1) is 10.7. The van der Waals surface area contributed by atoms with Gasteiger partial charge in [0.2, 0.25) is 5.91 Å². The summed E-state index contributed by atoms with van der Waals surface area (Å²) in [5, 5.41) is 2.11. The van der Waals surface area contributed by atoms with E-state index < -0.39 is 41.2 Å². The van der Waals surface area contributed by atoms with Crippen LogP contribution in [0.25, 0.3) is 0 Å². The van der Waals surface area contributed by atoms with Crippen LogP contribution in [-0.4, -0.2) is 36.0 Å². The van der Waals surface area contributed by atoms with Crippen LogP contribution in [0, 0.1) is 17.6 Å². The third kappa shape index (κ3) is 3.96. The number of para-hydroxylation sites is 1. The van der Waals surface area contributed by atoms with Crippen LogP contribution in [0.2, 0.25) is 0 Å². The third-order valence-corrected chi connectivity index (χ3v) is 3.61. The Bertz CT molecular complexity index is 589. The summed E-state index contributed by atoms with van der Waals surface area (Å²) in [4.78, 5) is 23.7. The highest BCUT2D eigenvalue weighted by Crippen LogP contribution is 2.25. The average molecular weight is 336 g/mol. The van der Waals surface area contributed by atoms with Crippen molar-refractivity contribution in [1.82, 2.24) is 4.90 Å². The molecule has 0 bridgehead atoms. The normalized spacial score (nSPS) is 16.3. The number of benzene rings is 1. The van der Waals surface area contributed by atoms with Crippen molar-refractivity contribution in [2.75, 3.05) is 18.4 Å². The van der Waals surface area contributed by atoms with E-state index in [-0.39, 0.29) is 25.9 Å². The minimum absolute atomic E-state index is 0.0102. The summed E-state index contributed by atoms with van der Waals surface area (Å²) in [5.74, 6) is -5.23. The molecule has 1 fully saturated rings. The van der Waals surface area contributed by atoms with Gasteiger partial charge in [0.1, 0.15) is 17.3 Å². The molecule has 0 atom stereocenters.